The molecular formula is C14H14N4O6S. The highest BCUT2D eigenvalue weighted by Gasteiger charge is 2.12. The van der Waals surface area contributed by atoms with Gasteiger partial charge in [-0.05, 0) is 30.3 Å². The van der Waals surface area contributed by atoms with Crippen molar-refractivity contribution in [2.45, 2.75) is 4.90 Å². The lowest BCUT2D eigenvalue weighted by Gasteiger charge is -2.12. The Morgan fingerprint density at radius 1 is 1.20 bits per heavy atom. The third-order valence-corrected chi connectivity index (χ3v) is 4.04. The average molecular weight is 366 g/mol. The molecular weight excluding hydrogens is 352 g/mol. The average Bonchev–Trinajstić information content (AvgIpc) is 2.58. The minimum absolute atomic E-state index is 0.134. The third-order valence-electron chi connectivity index (χ3n) is 3.17. The van der Waals surface area contributed by atoms with Gasteiger partial charge in [-0.25, -0.2) is 5.01 Å². The van der Waals surface area contributed by atoms with E-state index in [1.165, 1.54) is 54.6 Å². The van der Waals surface area contributed by atoms with E-state index >= 15 is 0 Å². The van der Waals surface area contributed by atoms with Crippen molar-refractivity contribution in [3.63, 3.8) is 0 Å². The molecule has 0 aliphatic heterocycles. The molecule has 0 fully saturated rings. The van der Waals surface area contributed by atoms with Gasteiger partial charge in [-0.15, -0.1) is 5.11 Å². The van der Waals surface area contributed by atoms with E-state index in [0.717, 1.165) is 0 Å². The van der Waals surface area contributed by atoms with Crippen molar-refractivity contribution in [2.24, 2.45) is 10.3 Å². The summed E-state index contributed by atoms with van der Waals surface area (Å²) in [6.07, 6.45) is 0. The van der Waals surface area contributed by atoms with E-state index in [4.69, 9.17) is 9.29 Å². The molecule has 0 atom stereocenters. The van der Waals surface area contributed by atoms with Crippen molar-refractivity contribution in [1.29, 1.82) is 0 Å². The molecule has 0 amide bonds. The Kier molecular flexibility index (Phi) is 5.29. The van der Waals surface area contributed by atoms with Crippen LogP contribution in [0, 0.1) is 10.1 Å². The highest BCUT2D eigenvalue weighted by Crippen LogP contribution is 2.32. The molecule has 2 rings (SSSR count). The van der Waals surface area contributed by atoms with Crippen LogP contribution in [-0.4, -0.2) is 32.1 Å². The van der Waals surface area contributed by atoms with Crippen LogP contribution in [0.4, 0.5) is 17.1 Å². The second-order valence-electron chi connectivity index (χ2n) is 4.80. The number of nitro groups is 1. The molecule has 11 heteroatoms. The quantitative estimate of drug-likeness (QED) is 0.359. The number of hydrogen-bond acceptors (Lipinski definition) is 7. The van der Waals surface area contributed by atoms with Crippen LogP contribution in [0.15, 0.2) is 57.7 Å². The number of benzene rings is 2. The van der Waals surface area contributed by atoms with E-state index in [1.807, 2.05) is 0 Å². The maximum Gasteiger partial charge on any atom is 0.294 e. The minimum Gasteiger partial charge on any atom is -0.494 e. The standard InChI is InChI=1S/C14H14N4O6S/c1-17(10-3-6-12(7-4-10)25(21,22)23)16-15-13-8-5-11(18(19)20)9-14(13)24-2/h3-9H,1-2H3,(H,21,22,23)/b16-15+. The first-order valence-electron chi connectivity index (χ1n) is 6.77. The summed E-state index contributed by atoms with van der Waals surface area (Å²) >= 11 is 0. The van der Waals surface area contributed by atoms with E-state index in [1.54, 1.807) is 7.05 Å². The van der Waals surface area contributed by atoms with Gasteiger partial charge in [0.25, 0.3) is 15.8 Å². The van der Waals surface area contributed by atoms with Gasteiger partial charge in [0, 0.05) is 13.1 Å². The molecule has 0 unspecified atom stereocenters. The van der Waals surface area contributed by atoms with Gasteiger partial charge in [0.05, 0.1) is 28.7 Å². The minimum atomic E-state index is -4.26. The number of rotatable bonds is 6. The van der Waals surface area contributed by atoms with E-state index in [2.05, 4.69) is 10.3 Å². The molecule has 0 radical (unpaired) electrons. The first kappa shape index (κ1) is 18.3. The molecule has 2 aromatic carbocycles. The summed E-state index contributed by atoms with van der Waals surface area (Å²) in [5, 5.41) is 20.0. The topological polar surface area (TPSA) is 135 Å². The molecule has 0 saturated heterocycles. The van der Waals surface area contributed by atoms with Crippen molar-refractivity contribution in [3.8, 4) is 5.75 Å². The van der Waals surface area contributed by atoms with Crippen LogP contribution in [0.3, 0.4) is 0 Å². The number of non-ortho nitro benzene ring substituents is 1. The molecule has 0 spiro atoms. The van der Waals surface area contributed by atoms with Gasteiger partial charge in [0.15, 0.2) is 5.75 Å². The summed E-state index contributed by atoms with van der Waals surface area (Å²) in [6.45, 7) is 0. The smallest absolute Gasteiger partial charge is 0.294 e. The van der Waals surface area contributed by atoms with E-state index in [9.17, 15) is 18.5 Å². The predicted molar refractivity (Wildman–Crippen MR) is 88.8 cm³/mol. The molecule has 0 aliphatic rings. The summed E-state index contributed by atoms with van der Waals surface area (Å²) in [7, 11) is -1.33. The van der Waals surface area contributed by atoms with Crippen molar-refractivity contribution in [1.82, 2.24) is 0 Å². The first-order valence-corrected chi connectivity index (χ1v) is 8.22. The summed E-state index contributed by atoms with van der Waals surface area (Å²) in [4.78, 5) is 9.97. The monoisotopic (exact) mass is 366 g/mol. The first-order chi connectivity index (χ1) is 11.7. The lowest BCUT2D eigenvalue weighted by molar-refractivity contribution is -0.384. The van der Waals surface area contributed by atoms with Crippen LogP contribution in [0.25, 0.3) is 0 Å². The Bertz CT molecular complexity index is 911. The van der Waals surface area contributed by atoms with Crippen LogP contribution < -0.4 is 9.75 Å². The van der Waals surface area contributed by atoms with Gasteiger partial charge in [0.2, 0.25) is 0 Å². The zero-order valence-electron chi connectivity index (χ0n) is 13.2. The fraction of sp³-hybridized carbons (Fsp3) is 0.143. The normalized spacial score (nSPS) is 11.5. The molecule has 25 heavy (non-hydrogen) atoms. The summed E-state index contributed by atoms with van der Waals surface area (Å²) in [5.41, 5.74) is 0.663. The molecule has 0 aromatic heterocycles. The summed E-state index contributed by atoms with van der Waals surface area (Å²) in [6, 6.07) is 9.24. The number of nitrogens with zero attached hydrogens (tertiary/aromatic N) is 4. The van der Waals surface area contributed by atoms with E-state index in [-0.39, 0.29) is 22.0 Å². The van der Waals surface area contributed by atoms with Gasteiger partial charge in [0.1, 0.15) is 5.69 Å². The highest BCUT2D eigenvalue weighted by atomic mass is 32.2. The van der Waals surface area contributed by atoms with Gasteiger partial charge in [-0.2, -0.15) is 8.42 Å². The Morgan fingerprint density at radius 2 is 1.84 bits per heavy atom. The molecule has 10 nitrogen and oxygen atoms in total. The van der Waals surface area contributed by atoms with Crippen LogP contribution in [-0.2, 0) is 10.1 Å². The van der Waals surface area contributed by atoms with Crippen LogP contribution in [0.2, 0.25) is 0 Å². The molecule has 1 N–H and O–H groups in total. The Hall–Kier alpha value is -3.05. The Labute approximate surface area is 143 Å². The van der Waals surface area contributed by atoms with Crippen molar-refractivity contribution in [2.75, 3.05) is 19.2 Å². The Balaban J connectivity index is 2.22. The van der Waals surface area contributed by atoms with Crippen LogP contribution in [0.5, 0.6) is 5.75 Å². The number of nitro benzene ring substituents is 1. The maximum atomic E-state index is 11.0. The number of anilines is 1. The lowest BCUT2D eigenvalue weighted by atomic mass is 10.2. The van der Waals surface area contributed by atoms with Crippen molar-refractivity contribution >= 4 is 27.2 Å². The SMILES string of the molecule is COc1cc([N+](=O)[O-])ccc1/N=N/N(C)c1ccc(S(=O)(=O)O)cc1. The van der Waals surface area contributed by atoms with Crippen molar-refractivity contribution < 1.29 is 22.6 Å². The molecule has 0 saturated carbocycles. The molecule has 0 aliphatic carbocycles. The number of ether oxygens (including phenoxy) is 1. The fourth-order valence-corrected chi connectivity index (χ4v) is 2.34. The zero-order valence-corrected chi connectivity index (χ0v) is 14.0. The second-order valence-corrected chi connectivity index (χ2v) is 6.22. The lowest BCUT2D eigenvalue weighted by Crippen LogP contribution is -2.07. The van der Waals surface area contributed by atoms with Gasteiger partial charge in [-0.3, -0.25) is 14.7 Å². The van der Waals surface area contributed by atoms with Gasteiger partial charge in [-0.1, -0.05) is 5.22 Å². The molecule has 132 valence electrons. The van der Waals surface area contributed by atoms with Crippen molar-refractivity contribution in [3.05, 3.63) is 52.6 Å². The van der Waals surface area contributed by atoms with Gasteiger partial charge < -0.3 is 4.74 Å². The largest absolute Gasteiger partial charge is 0.494 e. The molecule has 0 bridgehead atoms. The molecule has 2 aromatic rings. The maximum absolute atomic E-state index is 11.0. The van der Waals surface area contributed by atoms with Gasteiger partial charge >= 0.3 is 0 Å². The predicted octanol–water partition coefficient (Wildman–Crippen LogP) is 2.99. The summed E-state index contributed by atoms with van der Waals surface area (Å²) in [5.74, 6) is 0.188. The number of methoxy groups -OCH3 is 1. The Morgan fingerprint density at radius 3 is 2.36 bits per heavy atom. The van der Waals surface area contributed by atoms with Crippen LogP contribution >= 0.6 is 0 Å². The van der Waals surface area contributed by atoms with Crippen LogP contribution in [0.1, 0.15) is 0 Å². The second kappa shape index (κ2) is 7.23. The third kappa shape index (κ3) is 4.49. The summed E-state index contributed by atoms with van der Waals surface area (Å²) < 4.78 is 36.0. The van der Waals surface area contributed by atoms with E-state index in [0.29, 0.717) is 5.69 Å². The fourth-order valence-electron chi connectivity index (χ4n) is 1.86. The van der Waals surface area contributed by atoms with E-state index < -0.39 is 15.0 Å². The zero-order chi connectivity index (χ0) is 18.6. The molecule has 0 heterocycles. The highest BCUT2D eigenvalue weighted by molar-refractivity contribution is 7.85. The number of hydrogen-bond donors (Lipinski definition) is 1.